The molecule has 190 valence electrons. The van der Waals surface area contributed by atoms with E-state index in [0.717, 1.165) is 34.8 Å². The highest BCUT2D eigenvalue weighted by atomic mass is 79.9. The van der Waals surface area contributed by atoms with E-state index in [9.17, 15) is 29.6 Å². The Morgan fingerprint density at radius 3 is 2.19 bits per heavy atom. The number of nitro groups is 1. The van der Waals surface area contributed by atoms with Crippen LogP contribution < -0.4 is 10.2 Å². The van der Waals surface area contributed by atoms with Crippen LogP contribution in [0.2, 0.25) is 0 Å². The van der Waals surface area contributed by atoms with Crippen molar-refractivity contribution in [2.24, 2.45) is 17.8 Å². The first-order chi connectivity index (χ1) is 17.6. The summed E-state index contributed by atoms with van der Waals surface area (Å²) in [5.74, 6) is 0.0634. The highest BCUT2D eigenvalue weighted by Crippen LogP contribution is 2.60. The Labute approximate surface area is 220 Å². The van der Waals surface area contributed by atoms with Crippen LogP contribution in [0.15, 0.2) is 46.4 Å². The highest BCUT2D eigenvalue weighted by molar-refractivity contribution is 9.10. The summed E-state index contributed by atoms with van der Waals surface area (Å²) >= 11 is 3.05. The van der Waals surface area contributed by atoms with Crippen molar-refractivity contribution in [2.45, 2.75) is 43.9 Å². The van der Waals surface area contributed by atoms with Gasteiger partial charge in [0, 0.05) is 6.07 Å². The number of halogens is 1. The fraction of sp³-hybridized carbons (Fsp3) is 0.370. The number of aromatic hydroxyl groups is 1. The average Bonchev–Trinajstić information content (AvgIpc) is 2.83. The number of barbiturate groups is 1. The van der Waals surface area contributed by atoms with Crippen LogP contribution >= 0.6 is 15.9 Å². The molecule has 37 heavy (non-hydrogen) atoms. The molecule has 1 aliphatic heterocycles. The molecule has 4 aliphatic carbocycles. The normalized spacial score (nSPS) is 29.6. The number of hydrogen-bond donors (Lipinski definition) is 2. The second-order valence-corrected chi connectivity index (χ2v) is 11.7. The summed E-state index contributed by atoms with van der Waals surface area (Å²) in [7, 11) is 0. The number of benzene rings is 2. The van der Waals surface area contributed by atoms with Crippen molar-refractivity contribution in [1.82, 2.24) is 5.32 Å². The average molecular weight is 566 g/mol. The number of hydrogen-bond acceptors (Lipinski definition) is 6. The van der Waals surface area contributed by atoms with Crippen molar-refractivity contribution in [3.05, 3.63) is 67.7 Å². The molecule has 5 aliphatic rings. The molecule has 9 nitrogen and oxygen atoms in total. The van der Waals surface area contributed by atoms with Gasteiger partial charge in [0.25, 0.3) is 11.8 Å². The van der Waals surface area contributed by atoms with Crippen LogP contribution in [0.4, 0.5) is 16.2 Å². The van der Waals surface area contributed by atoms with Crippen LogP contribution in [0.5, 0.6) is 5.75 Å². The number of carbonyl (C=O) groups excluding carboxylic acids is 3. The third kappa shape index (κ3) is 3.94. The summed E-state index contributed by atoms with van der Waals surface area (Å²) in [4.78, 5) is 49.9. The fourth-order valence-electron chi connectivity index (χ4n) is 7.31. The van der Waals surface area contributed by atoms with Crippen LogP contribution in [0.25, 0.3) is 6.08 Å². The topological polar surface area (TPSA) is 130 Å². The van der Waals surface area contributed by atoms with Gasteiger partial charge in [-0.2, -0.15) is 0 Å². The molecule has 1 saturated heterocycles. The molecule has 4 amide bonds. The van der Waals surface area contributed by atoms with Crippen molar-refractivity contribution in [3.63, 3.8) is 0 Å². The molecule has 10 heteroatoms. The molecule has 0 atom stereocenters. The van der Waals surface area contributed by atoms with Gasteiger partial charge in [-0.15, -0.1) is 0 Å². The summed E-state index contributed by atoms with van der Waals surface area (Å²) in [5, 5.41) is 23.3. The van der Waals surface area contributed by atoms with Crippen molar-refractivity contribution < 1.29 is 24.4 Å². The lowest BCUT2D eigenvalue weighted by Gasteiger charge is -2.57. The Hall–Kier alpha value is -3.53. The molecular weight excluding hydrogens is 542 g/mol. The number of nitrogens with one attached hydrogen (secondary N) is 1. The van der Waals surface area contributed by atoms with Gasteiger partial charge >= 0.3 is 11.7 Å². The van der Waals surface area contributed by atoms with Crippen molar-refractivity contribution in [1.29, 1.82) is 0 Å². The van der Waals surface area contributed by atoms with Crippen LogP contribution in [-0.4, -0.2) is 27.9 Å². The Balaban J connectivity index is 1.31. The highest BCUT2D eigenvalue weighted by Gasteiger charge is 2.51. The predicted octanol–water partition coefficient (Wildman–Crippen LogP) is 5.20. The minimum Gasteiger partial charge on any atom is -0.501 e. The Morgan fingerprint density at radius 1 is 1.03 bits per heavy atom. The van der Waals surface area contributed by atoms with Gasteiger partial charge in [0.1, 0.15) is 5.57 Å². The lowest BCUT2D eigenvalue weighted by atomic mass is 9.48. The molecule has 2 aromatic carbocycles. The number of nitro benzene ring substituents is 1. The van der Waals surface area contributed by atoms with E-state index in [4.69, 9.17) is 0 Å². The van der Waals surface area contributed by atoms with Gasteiger partial charge in [-0.1, -0.05) is 12.1 Å². The maximum atomic E-state index is 13.3. The number of urea groups is 1. The fourth-order valence-corrected chi connectivity index (χ4v) is 7.78. The molecule has 0 spiro atoms. The lowest BCUT2D eigenvalue weighted by Crippen LogP contribution is -2.54. The van der Waals surface area contributed by atoms with Crippen LogP contribution in [0.3, 0.4) is 0 Å². The van der Waals surface area contributed by atoms with Crippen molar-refractivity contribution in [3.8, 4) is 5.75 Å². The number of amides is 4. The number of imide groups is 2. The maximum Gasteiger partial charge on any atom is 0.335 e. The van der Waals surface area contributed by atoms with Gasteiger partial charge in [0.15, 0.2) is 0 Å². The van der Waals surface area contributed by atoms with E-state index < -0.39 is 34.2 Å². The van der Waals surface area contributed by atoms with Gasteiger partial charge in [-0.25, -0.2) is 9.69 Å². The Kier molecular flexibility index (Phi) is 5.48. The summed E-state index contributed by atoms with van der Waals surface area (Å²) < 4.78 is 0.0328. The van der Waals surface area contributed by atoms with E-state index in [1.54, 1.807) is 12.1 Å². The van der Waals surface area contributed by atoms with Crippen LogP contribution in [-0.2, 0) is 15.0 Å². The largest absolute Gasteiger partial charge is 0.501 e. The van der Waals surface area contributed by atoms with E-state index in [0.29, 0.717) is 5.69 Å². The maximum absolute atomic E-state index is 13.3. The summed E-state index contributed by atoms with van der Waals surface area (Å²) in [6, 6.07) is 9.05. The quantitative estimate of drug-likeness (QED) is 0.227. The zero-order chi connectivity index (χ0) is 26.1. The zero-order valence-corrected chi connectivity index (χ0v) is 21.4. The Morgan fingerprint density at radius 2 is 1.62 bits per heavy atom. The molecule has 1 heterocycles. The molecule has 2 N–H and O–H groups in total. The number of nitrogens with zero attached hydrogens (tertiary/aromatic N) is 2. The van der Waals surface area contributed by atoms with Crippen molar-refractivity contribution >= 4 is 51.2 Å². The molecule has 5 fully saturated rings. The second-order valence-electron chi connectivity index (χ2n) is 10.8. The minimum atomic E-state index is -0.900. The first kappa shape index (κ1) is 23.8. The second kappa shape index (κ2) is 8.51. The number of phenolic OH excluding ortho intramolecular Hbond substituents is 1. The summed E-state index contributed by atoms with van der Waals surface area (Å²) in [6.07, 6.45) is 8.75. The summed E-state index contributed by atoms with van der Waals surface area (Å²) in [5.41, 5.74) is 0.959. The molecule has 0 radical (unpaired) electrons. The van der Waals surface area contributed by atoms with Crippen LogP contribution in [0.1, 0.15) is 49.7 Å². The van der Waals surface area contributed by atoms with E-state index in [1.165, 1.54) is 50.2 Å². The van der Waals surface area contributed by atoms with E-state index in [-0.39, 0.29) is 21.0 Å². The Bertz CT molecular complexity index is 1360. The minimum absolute atomic E-state index is 0.0328. The van der Waals surface area contributed by atoms with Crippen molar-refractivity contribution in [2.75, 3.05) is 4.90 Å². The standard InChI is InChI=1S/C27H24BrN3O6/c28-21-9-14(10-22(23(21)32)31(36)37)8-20-24(33)29-26(35)30(25(20)34)19-3-1-18(2-4-19)27-11-15-5-16(12-27)7-17(6-15)13-27/h1-4,8-10,15-17,32H,5-7,11-13H2,(H,29,33,35)/b20-8+. The molecule has 7 rings (SSSR count). The number of carbonyl (C=O) groups is 3. The number of anilines is 1. The van der Waals surface area contributed by atoms with Crippen LogP contribution in [0, 0.1) is 27.9 Å². The third-order valence-electron chi connectivity index (χ3n) is 8.45. The number of rotatable bonds is 4. The van der Waals surface area contributed by atoms with Gasteiger partial charge < -0.3 is 5.11 Å². The van der Waals surface area contributed by atoms with E-state index in [1.807, 2.05) is 12.1 Å². The summed E-state index contributed by atoms with van der Waals surface area (Å²) in [6.45, 7) is 0. The lowest BCUT2D eigenvalue weighted by molar-refractivity contribution is -0.386. The molecular formula is C27H24BrN3O6. The predicted molar refractivity (Wildman–Crippen MR) is 138 cm³/mol. The first-order valence-electron chi connectivity index (χ1n) is 12.3. The molecule has 4 bridgehead atoms. The molecule has 2 aromatic rings. The smallest absolute Gasteiger partial charge is 0.335 e. The molecule has 4 saturated carbocycles. The zero-order valence-electron chi connectivity index (χ0n) is 19.8. The third-order valence-corrected chi connectivity index (χ3v) is 9.06. The van der Waals surface area contributed by atoms with Gasteiger partial charge in [0.05, 0.1) is 15.1 Å². The first-order valence-corrected chi connectivity index (χ1v) is 13.1. The molecule has 0 unspecified atom stereocenters. The van der Waals surface area contributed by atoms with E-state index in [2.05, 4.69) is 21.2 Å². The van der Waals surface area contributed by atoms with E-state index >= 15 is 0 Å². The van der Waals surface area contributed by atoms with Gasteiger partial charge in [-0.3, -0.25) is 25.0 Å². The number of phenols is 1. The van der Waals surface area contributed by atoms with Gasteiger partial charge in [-0.05, 0) is 113 Å². The molecule has 0 aromatic heterocycles. The monoisotopic (exact) mass is 565 g/mol. The SMILES string of the molecule is O=C1NC(=O)N(c2ccc(C34CC5CC(CC(C5)C3)C4)cc2)C(=O)/C1=C/c1cc(Br)c(O)c([N+](=O)[O-])c1. The van der Waals surface area contributed by atoms with Gasteiger partial charge in [0.2, 0.25) is 5.75 Å².